The number of aliphatic carboxylic acids is 1. The first kappa shape index (κ1) is 14.3. The zero-order chi connectivity index (χ0) is 15.4. The zero-order valence-electron chi connectivity index (χ0n) is 10.8. The number of aromatic nitrogens is 1. The van der Waals surface area contributed by atoms with E-state index in [2.05, 4.69) is 16.2 Å². The Morgan fingerprint density at radius 1 is 1.48 bits per heavy atom. The number of nitro groups is 1. The van der Waals surface area contributed by atoms with Crippen LogP contribution in [0.1, 0.15) is 6.42 Å². The maximum absolute atomic E-state index is 11.0. The molecule has 2 aromatic rings. The van der Waals surface area contributed by atoms with Crippen LogP contribution in [0.4, 0.5) is 11.5 Å². The number of hydrogen-bond acceptors (Lipinski definition) is 5. The molecule has 106 valence electrons. The highest BCUT2D eigenvalue weighted by Gasteiger charge is 2.16. The van der Waals surface area contributed by atoms with E-state index in [0.717, 1.165) is 0 Å². The molecule has 21 heavy (non-hydrogen) atoms. The number of carbonyl (C=O) groups is 1. The molecule has 2 N–H and O–H groups in total. The molecule has 0 bridgehead atoms. The van der Waals surface area contributed by atoms with Gasteiger partial charge in [0.15, 0.2) is 0 Å². The predicted molar refractivity (Wildman–Crippen MR) is 76.9 cm³/mol. The average molecular weight is 285 g/mol. The Hall–Kier alpha value is -3.14. The van der Waals surface area contributed by atoms with Gasteiger partial charge in [-0.05, 0) is 18.2 Å². The lowest BCUT2D eigenvalue weighted by Crippen LogP contribution is -2.29. The van der Waals surface area contributed by atoms with Crippen LogP contribution >= 0.6 is 0 Å². The maximum atomic E-state index is 11.0. The second-order valence-corrected chi connectivity index (χ2v) is 4.27. The molecule has 1 aromatic carbocycles. The second-order valence-electron chi connectivity index (χ2n) is 4.27. The van der Waals surface area contributed by atoms with E-state index < -0.39 is 16.9 Å². The second kappa shape index (κ2) is 5.88. The van der Waals surface area contributed by atoms with E-state index in [9.17, 15) is 14.9 Å². The van der Waals surface area contributed by atoms with Crippen molar-refractivity contribution in [2.24, 2.45) is 0 Å². The number of hydrogen-bond donors (Lipinski definition) is 2. The van der Waals surface area contributed by atoms with Gasteiger partial charge in [0.1, 0.15) is 11.9 Å². The minimum Gasteiger partial charge on any atom is -0.480 e. The van der Waals surface area contributed by atoms with Crippen molar-refractivity contribution in [3.63, 3.8) is 0 Å². The number of anilines is 1. The van der Waals surface area contributed by atoms with Crippen LogP contribution in [0.25, 0.3) is 10.9 Å². The van der Waals surface area contributed by atoms with Crippen molar-refractivity contribution < 1.29 is 14.8 Å². The highest BCUT2D eigenvalue weighted by atomic mass is 16.6. The summed E-state index contributed by atoms with van der Waals surface area (Å²) in [6.45, 7) is 0. The maximum Gasteiger partial charge on any atom is 0.327 e. The molecule has 0 saturated carbocycles. The molecule has 2 rings (SSSR count). The minimum absolute atomic E-state index is 0.0231. The SMILES string of the molecule is C#CCC(Nc1ccc2cc([N+](=O)[O-])ccc2n1)C(=O)O. The highest BCUT2D eigenvalue weighted by molar-refractivity contribution is 5.83. The third-order valence-corrected chi connectivity index (χ3v) is 2.83. The van der Waals surface area contributed by atoms with Gasteiger partial charge in [-0.25, -0.2) is 9.78 Å². The molecule has 7 nitrogen and oxygen atoms in total. The quantitative estimate of drug-likeness (QED) is 0.494. The molecule has 1 aromatic heterocycles. The van der Waals surface area contributed by atoms with Crippen LogP contribution in [0.3, 0.4) is 0 Å². The van der Waals surface area contributed by atoms with Crippen LogP contribution in [-0.4, -0.2) is 27.0 Å². The fraction of sp³-hybridized carbons (Fsp3) is 0.143. The Bertz CT molecular complexity index is 751. The number of non-ortho nitro benzene ring substituents is 1. The first-order valence-electron chi connectivity index (χ1n) is 5.99. The molecule has 1 heterocycles. The molecular formula is C14H11N3O4. The van der Waals surface area contributed by atoms with Crippen LogP contribution in [0.5, 0.6) is 0 Å². The largest absolute Gasteiger partial charge is 0.480 e. The summed E-state index contributed by atoms with van der Waals surface area (Å²) in [5.41, 5.74) is 0.496. The molecule has 0 aliphatic heterocycles. The van der Waals surface area contributed by atoms with Crippen LogP contribution in [0.15, 0.2) is 30.3 Å². The molecule has 1 unspecified atom stereocenters. The lowest BCUT2D eigenvalue weighted by molar-refractivity contribution is -0.384. The van der Waals surface area contributed by atoms with Gasteiger partial charge < -0.3 is 10.4 Å². The number of fused-ring (bicyclic) bond motifs is 1. The van der Waals surface area contributed by atoms with E-state index in [1.807, 2.05) is 0 Å². The van der Waals surface area contributed by atoms with Crippen molar-refractivity contribution in [1.29, 1.82) is 0 Å². The number of terminal acetylenes is 1. The van der Waals surface area contributed by atoms with E-state index in [1.54, 1.807) is 12.1 Å². The first-order valence-corrected chi connectivity index (χ1v) is 5.99. The molecule has 0 aliphatic rings. The highest BCUT2D eigenvalue weighted by Crippen LogP contribution is 2.21. The number of nitrogens with zero attached hydrogens (tertiary/aromatic N) is 2. The van der Waals surface area contributed by atoms with Crippen molar-refractivity contribution in [2.45, 2.75) is 12.5 Å². The number of benzene rings is 1. The number of nitrogens with one attached hydrogen (secondary N) is 1. The summed E-state index contributed by atoms with van der Waals surface area (Å²) in [5.74, 6) is 1.56. The van der Waals surface area contributed by atoms with Crippen molar-refractivity contribution in [3.05, 3.63) is 40.4 Å². The Morgan fingerprint density at radius 3 is 2.86 bits per heavy atom. The monoisotopic (exact) mass is 285 g/mol. The lowest BCUT2D eigenvalue weighted by Gasteiger charge is -2.12. The Morgan fingerprint density at radius 2 is 2.24 bits per heavy atom. The van der Waals surface area contributed by atoms with Crippen LogP contribution in [0.2, 0.25) is 0 Å². The van der Waals surface area contributed by atoms with E-state index >= 15 is 0 Å². The van der Waals surface area contributed by atoms with Gasteiger partial charge in [0.25, 0.3) is 5.69 Å². The third kappa shape index (κ3) is 3.25. The van der Waals surface area contributed by atoms with Crippen LogP contribution in [0, 0.1) is 22.5 Å². The topological polar surface area (TPSA) is 105 Å². The van der Waals surface area contributed by atoms with Gasteiger partial charge in [0.2, 0.25) is 0 Å². The summed E-state index contributed by atoms with van der Waals surface area (Å²) in [7, 11) is 0. The van der Waals surface area contributed by atoms with Crippen LogP contribution < -0.4 is 5.32 Å². The van der Waals surface area contributed by atoms with Gasteiger partial charge in [-0.3, -0.25) is 10.1 Å². The number of carboxylic acids is 1. The van der Waals surface area contributed by atoms with Gasteiger partial charge in [-0.15, -0.1) is 12.3 Å². The summed E-state index contributed by atoms with van der Waals surface area (Å²) in [5, 5.41) is 23.0. The van der Waals surface area contributed by atoms with Crippen molar-refractivity contribution in [3.8, 4) is 12.3 Å². The van der Waals surface area contributed by atoms with Crippen LogP contribution in [-0.2, 0) is 4.79 Å². The summed E-state index contributed by atoms with van der Waals surface area (Å²) in [6.07, 6.45) is 5.14. The Balaban J connectivity index is 2.31. The number of pyridine rings is 1. The number of carboxylic acid groups (broad SMARTS) is 1. The molecule has 0 spiro atoms. The molecule has 0 fully saturated rings. The molecule has 0 amide bonds. The van der Waals surface area contributed by atoms with Crippen molar-refractivity contribution in [1.82, 2.24) is 4.98 Å². The standard InChI is InChI=1S/C14H11N3O4/c1-2-3-12(14(18)19)16-13-7-4-9-8-10(17(20)21)5-6-11(9)15-13/h1,4-8,12H,3H2,(H,15,16)(H,18,19). The average Bonchev–Trinajstić information content (AvgIpc) is 2.46. The fourth-order valence-electron chi connectivity index (χ4n) is 1.80. The van der Waals surface area contributed by atoms with Gasteiger partial charge in [0.05, 0.1) is 10.4 Å². The summed E-state index contributed by atoms with van der Waals surface area (Å²) in [6, 6.07) is 6.51. The van der Waals surface area contributed by atoms with E-state index in [-0.39, 0.29) is 12.1 Å². The minimum atomic E-state index is -1.07. The van der Waals surface area contributed by atoms with Crippen molar-refractivity contribution in [2.75, 3.05) is 5.32 Å². The molecule has 0 saturated heterocycles. The third-order valence-electron chi connectivity index (χ3n) is 2.83. The Labute approximate surface area is 119 Å². The van der Waals surface area contributed by atoms with E-state index in [4.69, 9.17) is 11.5 Å². The molecule has 7 heteroatoms. The zero-order valence-corrected chi connectivity index (χ0v) is 10.8. The molecule has 0 radical (unpaired) electrons. The smallest absolute Gasteiger partial charge is 0.327 e. The van der Waals surface area contributed by atoms with Gasteiger partial charge in [-0.1, -0.05) is 0 Å². The van der Waals surface area contributed by atoms with Gasteiger partial charge in [-0.2, -0.15) is 0 Å². The fourth-order valence-corrected chi connectivity index (χ4v) is 1.80. The number of rotatable bonds is 5. The lowest BCUT2D eigenvalue weighted by atomic mass is 10.2. The normalized spacial score (nSPS) is 11.6. The first-order chi connectivity index (χ1) is 10.0. The summed E-state index contributed by atoms with van der Waals surface area (Å²) in [4.78, 5) is 25.4. The molecule has 1 atom stereocenters. The number of nitro benzene ring substituents is 1. The summed E-state index contributed by atoms with van der Waals surface area (Å²) >= 11 is 0. The Kier molecular flexibility index (Phi) is 4.00. The van der Waals surface area contributed by atoms with Gasteiger partial charge in [0, 0.05) is 23.9 Å². The predicted octanol–water partition coefficient (Wildman–Crippen LogP) is 2.03. The van der Waals surface area contributed by atoms with Gasteiger partial charge >= 0.3 is 5.97 Å². The van der Waals surface area contributed by atoms with E-state index in [1.165, 1.54) is 18.2 Å². The van der Waals surface area contributed by atoms with Crippen molar-refractivity contribution >= 4 is 28.4 Å². The summed E-state index contributed by atoms with van der Waals surface area (Å²) < 4.78 is 0. The molecular weight excluding hydrogens is 274 g/mol. The van der Waals surface area contributed by atoms with E-state index in [0.29, 0.717) is 16.7 Å². The molecule has 0 aliphatic carbocycles.